The highest BCUT2D eigenvalue weighted by Gasteiger charge is 2.59. The molecular weight excluding hydrogens is 312 g/mol. The normalized spacial score (nSPS) is 38.1. The van der Waals surface area contributed by atoms with E-state index in [0.717, 1.165) is 44.1 Å². The zero-order chi connectivity index (χ0) is 18.4. The molecule has 0 aromatic rings. The van der Waals surface area contributed by atoms with E-state index >= 15 is 0 Å². The molecule has 4 atom stereocenters. The minimum atomic E-state index is -0.393. The van der Waals surface area contributed by atoms with Crippen LogP contribution in [0.3, 0.4) is 0 Å². The summed E-state index contributed by atoms with van der Waals surface area (Å²) >= 11 is 0. The van der Waals surface area contributed by atoms with Crippen LogP contribution in [0, 0.1) is 28.6 Å². The number of aliphatic hydroxyl groups is 1. The largest absolute Gasteiger partial charge is 0.468 e. The van der Waals surface area contributed by atoms with Gasteiger partial charge in [0.15, 0.2) is 0 Å². The molecule has 25 heavy (non-hydrogen) atoms. The second-order valence-electron chi connectivity index (χ2n) is 9.09. The van der Waals surface area contributed by atoms with Gasteiger partial charge in [-0.1, -0.05) is 39.3 Å². The molecule has 0 spiro atoms. The van der Waals surface area contributed by atoms with Crippen LogP contribution in [0.2, 0.25) is 0 Å². The Morgan fingerprint density at radius 1 is 1.36 bits per heavy atom. The Labute approximate surface area is 152 Å². The average Bonchev–Trinajstić information content (AvgIpc) is 2.94. The standard InChI is InChI=1S/C22H34O3/c1-14(2)17-8-9-22(20(24)25-5)11-10-21(4)15(3)12-16(13-23)6-7-18(21)19(17)22/h6,14-15,18,23H,7-13H2,1-5H3/t15?,18-,21+,22+/m0/s1. The van der Waals surface area contributed by atoms with Crippen molar-refractivity contribution in [2.75, 3.05) is 13.7 Å². The fourth-order valence-electron chi connectivity index (χ4n) is 5.94. The number of rotatable bonds is 3. The maximum atomic E-state index is 12.9. The highest BCUT2D eigenvalue weighted by Crippen LogP contribution is 2.64. The van der Waals surface area contributed by atoms with Crippen molar-refractivity contribution in [3.63, 3.8) is 0 Å². The van der Waals surface area contributed by atoms with Gasteiger partial charge in [0.2, 0.25) is 0 Å². The summed E-state index contributed by atoms with van der Waals surface area (Å²) in [5.41, 5.74) is 3.86. The van der Waals surface area contributed by atoms with Crippen LogP contribution in [0.4, 0.5) is 0 Å². The number of fused-ring (bicyclic) bond motifs is 3. The number of ether oxygens (including phenoxy) is 1. The van der Waals surface area contributed by atoms with Crippen LogP contribution in [-0.4, -0.2) is 24.8 Å². The van der Waals surface area contributed by atoms with Crippen LogP contribution >= 0.6 is 0 Å². The second-order valence-corrected chi connectivity index (χ2v) is 9.09. The molecule has 0 aromatic heterocycles. The molecule has 3 aliphatic rings. The summed E-state index contributed by atoms with van der Waals surface area (Å²) < 4.78 is 5.31. The number of methoxy groups -OCH3 is 1. The minimum Gasteiger partial charge on any atom is -0.468 e. The van der Waals surface area contributed by atoms with Gasteiger partial charge in [0.05, 0.1) is 19.1 Å². The Hall–Kier alpha value is -1.09. The summed E-state index contributed by atoms with van der Waals surface area (Å²) in [5.74, 6) is 1.35. The Kier molecular flexibility index (Phi) is 4.91. The summed E-state index contributed by atoms with van der Waals surface area (Å²) in [6.45, 7) is 9.43. The maximum absolute atomic E-state index is 12.9. The summed E-state index contributed by atoms with van der Waals surface area (Å²) in [5, 5.41) is 9.70. The maximum Gasteiger partial charge on any atom is 0.315 e. The van der Waals surface area contributed by atoms with Crippen LogP contribution in [0.5, 0.6) is 0 Å². The predicted molar refractivity (Wildman–Crippen MR) is 99.9 cm³/mol. The fraction of sp³-hybridized carbons (Fsp3) is 0.773. The van der Waals surface area contributed by atoms with Crippen molar-refractivity contribution in [2.24, 2.45) is 28.6 Å². The molecule has 1 saturated carbocycles. The first-order valence-electron chi connectivity index (χ1n) is 9.90. The molecule has 0 radical (unpaired) electrons. The lowest BCUT2D eigenvalue weighted by atomic mass is 9.52. The lowest BCUT2D eigenvalue weighted by Crippen LogP contribution is -2.47. The number of aliphatic hydroxyl groups excluding tert-OH is 1. The molecule has 3 heteroatoms. The number of hydrogen-bond donors (Lipinski definition) is 1. The summed E-state index contributed by atoms with van der Waals surface area (Å²) in [6, 6.07) is 0. The van der Waals surface area contributed by atoms with Crippen molar-refractivity contribution >= 4 is 5.97 Å². The molecule has 1 unspecified atom stereocenters. The molecule has 0 heterocycles. The Morgan fingerprint density at radius 3 is 2.68 bits per heavy atom. The first-order valence-corrected chi connectivity index (χ1v) is 9.90. The van der Waals surface area contributed by atoms with Crippen molar-refractivity contribution in [2.45, 2.75) is 66.2 Å². The van der Waals surface area contributed by atoms with Gasteiger partial charge in [0, 0.05) is 0 Å². The lowest BCUT2D eigenvalue weighted by Gasteiger charge is -2.52. The van der Waals surface area contributed by atoms with Crippen molar-refractivity contribution < 1.29 is 14.6 Å². The summed E-state index contributed by atoms with van der Waals surface area (Å²) in [6.07, 6.45) is 8.09. The monoisotopic (exact) mass is 346 g/mol. The van der Waals surface area contributed by atoms with Crippen molar-refractivity contribution in [3.8, 4) is 0 Å². The Morgan fingerprint density at radius 2 is 2.08 bits per heavy atom. The van der Waals surface area contributed by atoms with E-state index in [2.05, 4.69) is 33.8 Å². The quantitative estimate of drug-likeness (QED) is 0.597. The molecule has 140 valence electrons. The van der Waals surface area contributed by atoms with E-state index < -0.39 is 5.41 Å². The van der Waals surface area contributed by atoms with E-state index in [9.17, 15) is 9.90 Å². The molecule has 0 saturated heterocycles. The highest BCUT2D eigenvalue weighted by atomic mass is 16.5. The molecule has 3 aliphatic carbocycles. The van der Waals surface area contributed by atoms with E-state index in [4.69, 9.17) is 4.74 Å². The smallest absolute Gasteiger partial charge is 0.315 e. The number of hydrogen-bond acceptors (Lipinski definition) is 3. The van der Waals surface area contributed by atoms with Gasteiger partial charge in [-0.3, -0.25) is 4.79 Å². The predicted octanol–water partition coefficient (Wildman–Crippen LogP) is 4.66. The number of carbonyl (C=O) groups is 1. The molecule has 3 rings (SSSR count). The Balaban J connectivity index is 2.15. The van der Waals surface area contributed by atoms with Gasteiger partial charge in [0.1, 0.15) is 0 Å². The van der Waals surface area contributed by atoms with Gasteiger partial charge in [0.25, 0.3) is 0 Å². The van der Waals surface area contributed by atoms with Crippen LogP contribution in [0.25, 0.3) is 0 Å². The van der Waals surface area contributed by atoms with Gasteiger partial charge in [-0.15, -0.1) is 0 Å². The average molecular weight is 347 g/mol. The topological polar surface area (TPSA) is 46.5 Å². The van der Waals surface area contributed by atoms with Crippen molar-refractivity contribution in [3.05, 3.63) is 22.8 Å². The first-order chi connectivity index (χ1) is 11.8. The van der Waals surface area contributed by atoms with Crippen LogP contribution < -0.4 is 0 Å². The van der Waals surface area contributed by atoms with E-state index in [1.807, 2.05) is 0 Å². The van der Waals surface area contributed by atoms with Crippen LogP contribution in [0.15, 0.2) is 22.8 Å². The minimum absolute atomic E-state index is 0.0246. The van der Waals surface area contributed by atoms with Crippen molar-refractivity contribution in [1.82, 2.24) is 0 Å². The third-order valence-electron chi connectivity index (χ3n) is 7.73. The van der Waals surface area contributed by atoms with Gasteiger partial charge in [-0.05, 0) is 72.8 Å². The molecule has 1 fully saturated rings. The molecule has 0 aromatic carbocycles. The molecule has 1 N–H and O–H groups in total. The fourth-order valence-corrected chi connectivity index (χ4v) is 5.94. The summed E-state index contributed by atoms with van der Waals surface area (Å²) in [4.78, 5) is 12.9. The zero-order valence-electron chi connectivity index (χ0n) is 16.5. The van der Waals surface area contributed by atoms with Gasteiger partial charge < -0.3 is 9.84 Å². The molecular formula is C22H34O3. The van der Waals surface area contributed by atoms with Gasteiger partial charge in [-0.25, -0.2) is 0 Å². The second kappa shape index (κ2) is 6.57. The third-order valence-corrected chi connectivity index (χ3v) is 7.73. The van der Waals surface area contributed by atoms with E-state index in [1.165, 1.54) is 18.3 Å². The first kappa shape index (κ1) is 18.7. The van der Waals surface area contributed by atoms with Crippen LogP contribution in [0.1, 0.15) is 66.2 Å². The molecule has 0 aliphatic heterocycles. The zero-order valence-corrected chi connectivity index (χ0v) is 16.5. The van der Waals surface area contributed by atoms with E-state index in [0.29, 0.717) is 17.8 Å². The molecule has 0 amide bonds. The molecule has 0 bridgehead atoms. The number of esters is 1. The Bertz CT molecular complexity index is 615. The lowest BCUT2D eigenvalue weighted by molar-refractivity contribution is -0.153. The summed E-state index contributed by atoms with van der Waals surface area (Å²) in [7, 11) is 1.54. The van der Waals surface area contributed by atoms with Gasteiger partial charge >= 0.3 is 5.97 Å². The highest BCUT2D eigenvalue weighted by molar-refractivity contribution is 5.82. The number of allylic oxidation sites excluding steroid dienone is 2. The SMILES string of the molecule is COC(=O)[C@@]12CCC(C(C)C)=C1[C@@H]1CC=C(CO)CC(C)[C@@]1(C)CC2. The number of carbonyl (C=O) groups excluding carboxylic acids is 1. The van der Waals surface area contributed by atoms with E-state index in [1.54, 1.807) is 0 Å². The molecule has 3 nitrogen and oxygen atoms in total. The van der Waals surface area contributed by atoms with Gasteiger partial charge in [-0.2, -0.15) is 0 Å². The third kappa shape index (κ3) is 2.70. The van der Waals surface area contributed by atoms with Crippen LogP contribution in [-0.2, 0) is 9.53 Å². The van der Waals surface area contributed by atoms with Crippen molar-refractivity contribution in [1.29, 1.82) is 0 Å². The van der Waals surface area contributed by atoms with E-state index in [-0.39, 0.29) is 18.0 Å².